The van der Waals surface area contributed by atoms with Gasteiger partial charge in [-0.1, -0.05) is 18.0 Å². The average molecular weight is 422 g/mol. The third-order valence-electron chi connectivity index (χ3n) is 6.52. The highest BCUT2D eigenvalue weighted by atomic mass is 16.5. The number of rotatable bonds is 5. The Hall–Kier alpha value is -3.03. The van der Waals surface area contributed by atoms with Crippen molar-refractivity contribution < 1.29 is 14.1 Å². The van der Waals surface area contributed by atoms with Crippen molar-refractivity contribution in [3.05, 3.63) is 41.5 Å². The summed E-state index contributed by atoms with van der Waals surface area (Å²) in [5, 5.41) is 9.93. The van der Waals surface area contributed by atoms with Gasteiger partial charge in [0.1, 0.15) is 0 Å². The quantitative estimate of drug-likeness (QED) is 0.737. The highest BCUT2D eigenvalue weighted by Gasteiger charge is 2.45. The topological polar surface area (TPSA) is 91.9 Å². The van der Waals surface area contributed by atoms with E-state index in [1.807, 2.05) is 18.7 Å². The molecular formula is C23H27N5O3. The maximum Gasteiger partial charge on any atom is 0.253 e. The third kappa shape index (κ3) is 3.86. The van der Waals surface area contributed by atoms with Gasteiger partial charge >= 0.3 is 0 Å². The first-order valence-corrected chi connectivity index (χ1v) is 11.0. The molecule has 0 radical (unpaired) electrons. The van der Waals surface area contributed by atoms with Crippen LogP contribution in [0.1, 0.15) is 67.5 Å². The first-order chi connectivity index (χ1) is 14.9. The number of likely N-dealkylation sites (tertiary alicyclic amines) is 1. The molecule has 2 fully saturated rings. The lowest BCUT2D eigenvalue weighted by Gasteiger charge is -2.41. The van der Waals surface area contributed by atoms with Crippen molar-refractivity contribution in [1.29, 1.82) is 0 Å². The van der Waals surface area contributed by atoms with Gasteiger partial charge in [-0.2, -0.15) is 10.1 Å². The number of hydrogen-bond acceptors (Lipinski definition) is 6. The number of hydrogen-bond donors (Lipinski definition) is 0. The maximum atomic E-state index is 13.3. The van der Waals surface area contributed by atoms with Crippen LogP contribution in [0.2, 0.25) is 0 Å². The molecule has 8 heteroatoms. The van der Waals surface area contributed by atoms with Crippen LogP contribution in [0, 0.1) is 12.8 Å². The maximum absolute atomic E-state index is 13.3. The van der Waals surface area contributed by atoms with Crippen molar-refractivity contribution in [2.45, 2.75) is 57.8 Å². The predicted molar refractivity (Wildman–Crippen MR) is 115 cm³/mol. The largest absolute Gasteiger partial charge is 0.340 e. The molecule has 2 aromatic rings. The number of aryl methyl sites for hydroxylation is 1. The number of carbonyl (C=O) groups is 2. The summed E-state index contributed by atoms with van der Waals surface area (Å²) in [6.07, 6.45) is 5.71. The molecule has 1 saturated heterocycles. The van der Waals surface area contributed by atoms with Crippen molar-refractivity contribution >= 4 is 23.2 Å². The molecule has 3 heterocycles. The van der Waals surface area contributed by atoms with E-state index in [4.69, 9.17) is 4.52 Å². The van der Waals surface area contributed by atoms with E-state index in [0.717, 1.165) is 37.3 Å². The fourth-order valence-electron chi connectivity index (χ4n) is 4.82. The minimum absolute atomic E-state index is 0.000862. The fraction of sp³-hybridized carbons (Fsp3) is 0.522. The minimum Gasteiger partial charge on any atom is -0.340 e. The third-order valence-corrected chi connectivity index (χ3v) is 6.52. The summed E-state index contributed by atoms with van der Waals surface area (Å²) < 4.78 is 5.30. The van der Waals surface area contributed by atoms with E-state index in [9.17, 15) is 9.59 Å². The zero-order chi connectivity index (χ0) is 21.6. The molecule has 5 rings (SSSR count). The van der Waals surface area contributed by atoms with E-state index in [0.29, 0.717) is 36.0 Å². The number of anilines is 1. The highest BCUT2D eigenvalue weighted by Crippen LogP contribution is 2.45. The molecule has 1 aromatic heterocycles. The van der Waals surface area contributed by atoms with Crippen molar-refractivity contribution in [3.8, 4) is 0 Å². The minimum atomic E-state index is -0.235. The Labute approximate surface area is 181 Å². The summed E-state index contributed by atoms with van der Waals surface area (Å²) in [5.41, 5.74) is 1.85. The summed E-state index contributed by atoms with van der Waals surface area (Å²) >= 11 is 0. The molecule has 2 aliphatic heterocycles. The van der Waals surface area contributed by atoms with Crippen LogP contribution in [0.15, 0.2) is 33.9 Å². The Bertz CT molecular complexity index is 1040. The highest BCUT2D eigenvalue weighted by molar-refractivity contribution is 6.12. The number of piperidine rings is 1. The molecule has 1 aromatic carbocycles. The Morgan fingerprint density at radius 2 is 2.00 bits per heavy atom. The lowest BCUT2D eigenvalue weighted by molar-refractivity contribution is -0.116. The summed E-state index contributed by atoms with van der Waals surface area (Å²) in [6.45, 7) is 4.98. The van der Waals surface area contributed by atoms with Gasteiger partial charge in [0.05, 0.1) is 17.5 Å². The molecule has 3 aliphatic rings. The standard InChI is InChI=1S/C23H27N5O3/c1-15-12-20(29)28(25-15)19-8-6-18(7-9-19)21(30)27-11-3-10-23(14-27,13-17-4-5-17)22-24-16(2)31-26-22/h6-9,17H,3-5,10-14H2,1-2H3. The fourth-order valence-corrected chi connectivity index (χ4v) is 4.82. The molecule has 0 N–H and O–H groups in total. The second kappa shape index (κ2) is 7.59. The Balaban J connectivity index is 1.36. The number of benzene rings is 1. The first kappa shape index (κ1) is 19.9. The smallest absolute Gasteiger partial charge is 0.253 e. The molecule has 2 amide bonds. The monoisotopic (exact) mass is 421 g/mol. The molecule has 0 spiro atoms. The number of amides is 2. The van der Waals surface area contributed by atoms with Crippen molar-refractivity contribution in [2.75, 3.05) is 18.1 Å². The summed E-state index contributed by atoms with van der Waals surface area (Å²) in [6, 6.07) is 7.14. The molecule has 162 valence electrons. The Morgan fingerprint density at radius 3 is 2.61 bits per heavy atom. The van der Waals surface area contributed by atoms with Gasteiger partial charge in [0.2, 0.25) is 5.89 Å². The van der Waals surface area contributed by atoms with Crippen molar-refractivity contribution in [2.24, 2.45) is 11.0 Å². The summed E-state index contributed by atoms with van der Waals surface area (Å²) in [5.74, 6) is 1.95. The van der Waals surface area contributed by atoms with Gasteiger partial charge in [-0.05, 0) is 56.4 Å². The zero-order valence-electron chi connectivity index (χ0n) is 18.0. The van der Waals surface area contributed by atoms with E-state index in [1.165, 1.54) is 17.9 Å². The second-order valence-electron chi connectivity index (χ2n) is 9.16. The molecule has 1 saturated carbocycles. The second-order valence-corrected chi connectivity index (χ2v) is 9.16. The number of hydrazone groups is 1. The lowest BCUT2D eigenvalue weighted by Crippen LogP contribution is -2.49. The van der Waals surface area contributed by atoms with Crippen molar-refractivity contribution in [1.82, 2.24) is 15.0 Å². The van der Waals surface area contributed by atoms with Gasteiger partial charge in [-0.25, -0.2) is 5.01 Å². The van der Waals surface area contributed by atoms with Crippen LogP contribution >= 0.6 is 0 Å². The zero-order valence-corrected chi connectivity index (χ0v) is 18.0. The van der Waals surface area contributed by atoms with Crippen LogP contribution in [0.25, 0.3) is 0 Å². The number of carbonyl (C=O) groups excluding carboxylic acids is 2. The van der Waals surface area contributed by atoms with Crippen LogP contribution in [0.3, 0.4) is 0 Å². The molecule has 0 bridgehead atoms. The van der Waals surface area contributed by atoms with E-state index < -0.39 is 0 Å². The Morgan fingerprint density at radius 1 is 1.23 bits per heavy atom. The molecule has 1 unspecified atom stereocenters. The van der Waals surface area contributed by atoms with Crippen molar-refractivity contribution in [3.63, 3.8) is 0 Å². The van der Waals surface area contributed by atoms with Crippen LogP contribution in [-0.4, -0.2) is 45.7 Å². The van der Waals surface area contributed by atoms with Gasteiger partial charge in [-0.15, -0.1) is 0 Å². The van der Waals surface area contributed by atoms with Crippen LogP contribution in [0.5, 0.6) is 0 Å². The Kier molecular flexibility index (Phi) is 4.87. The summed E-state index contributed by atoms with van der Waals surface area (Å²) in [7, 11) is 0. The average Bonchev–Trinajstić information content (AvgIpc) is 3.35. The van der Waals surface area contributed by atoms with Gasteiger partial charge in [0, 0.05) is 31.3 Å². The van der Waals surface area contributed by atoms with Crippen LogP contribution < -0.4 is 5.01 Å². The summed E-state index contributed by atoms with van der Waals surface area (Å²) in [4.78, 5) is 31.9. The van der Waals surface area contributed by atoms with Gasteiger partial charge < -0.3 is 9.42 Å². The molecule has 8 nitrogen and oxygen atoms in total. The van der Waals surface area contributed by atoms with Gasteiger partial charge in [-0.3, -0.25) is 9.59 Å². The molecule has 1 aliphatic carbocycles. The van der Waals surface area contributed by atoms with Crippen LogP contribution in [0.4, 0.5) is 5.69 Å². The predicted octanol–water partition coefficient (Wildman–Crippen LogP) is 3.46. The van der Waals surface area contributed by atoms with E-state index in [-0.39, 0.29) is 17.2 Å². The number of nitrogens with zero attached hydrogens (tertiary/aromatic N) is 5. The number of aromatic nitrogens is 2. The lowest BCUT2D eigenvalue weighted by atomic mass is 9.74. The molecule has 31 heavy (non-hydrogen) atoms. The van der Waals surface area contributed by atoms with Gasteiger partial charge in [0.25, 0.3) is 11.8 Å². The molecule has 1 atom stereocenters. The van der Waals surface area contributed by atoms with E-state index in [1.54, 1.807) is 24.3 Å². The van der Waals surface area contributed by atoms with Gasteiger partial charge in [0.15, 0.2) is 5.82 Å². The van der Waals surface area contributed by atoms with E-state index in [2.05, 4.69) is 15.2 Å². The first-order valence-electron chi connectivity index (χ1n) is 11.0. The molecular weight excluding hydrogens is 394 g/mol. The van der Waals surface area contributed by atoms with Crippen LogP contribution in [-0.2, 0) is 10.2 Å². The van der Waals surface area contributed by atoms with E-state index >= 15 is 0 Å². The normalized spacial score (nSPS) is 23.9. The SMILES string of the molecule is CC1=NN(c2ccc(C(=O)N3CCCC(CC4CC4)(c4noc(C)n4)C3)cc2)C(=O)C1.